The van der Waals surface area contributed by atoms with Crippen LogP contribution >= 0.6 is 0 Å². The summed E-state index contributed by atoms with van der Waals surface area (Å²) in [6.07, 6.45) is -4.46. The van der Waals surface area contributed by atoms with Gasteiger partial charge in [0.1, 0.15) is 5.69 Å². The van der Waals surface area contributed by atoms with E-state index in [2.05, 4.69) is 9.97 Å². The van der Waals surface area contributed by atoms with Crippen LogP contribution in [0.3, 0.4) is 0 Å². The Bertz CT molecular complexity index is 653. The third kappa shape index (κ3) is 2.81. The van der Waals surface area contributed by atoms with Crippen molar-refractivity contribution in [1.82, 2.24) is 9.97 Å². The van der Waals surface area contributed by atoms with Crippen LogP contribution in [-0.2, 0) is 11.0 Å². The molecule has 1 aromatic heterocycles. The van der Waals surface area contributed by atoms with Crippen molar-refractivity contribution in [2.45, 2.75) is 20.0 Å². The molecule has 4 nitrogen and oxygen atoms in total. The molecular weight excluding hydrogens is 261 g/mol. The van der Waals surface area contributed by atoms with Crippen molar-refractivity contribution in [2.24, 2.45) is 0 Å². The molecule has 0 bridgehead atoms. The van der Waals surface area contributed by atoms with Crippen LogP contribution < -0.4 is 4.74 Å². The zero-order valence-corrected chi connectivity index (χ0v) is 10.1. The highest BCUT2D eigenvalue weighted by Crippen LogP contribution is 2.31. The maximum atomic E-state index is 12.6. The summed E-state index contributed by atoms with van der Waals surface area (Å²) >= 11 is 0. The Morgan fingerprint density at radius 2 is 1.89 bits per heavy atom. The lowest BCUT2D eigenvalue weighted by molar-refractivity contribution is -0.137. The molecule has 0 aliphatic carbocycles. The summed E-state index contributed by atoms with van der Waals surface area (Å²) in [5.74, 6) is -0.692. The number of alkyl halides is 3. The Balaban J connectivity index is 2.58. The second-order valence-corrected chi connectivity index (χ2v) is 3.91. The molecule has 2 aromatic rings. The van der Waals surface area contributed by atoms with Gasteiger partial charge >= 0.3 is 12.1 Å². The fraction of sp³-hybridized carbons (Fsp3) is 0.250. The van der Waals surface area contributed by atoms with Crippen molar-refractivity contribution in [1.29, 1.82) is 0 Å². The summed E-state index contributed by atoms with van der Waals surface area (Å²) < 4.78 is 42.5. The van der Waals surface area contributed by atoms with Gasteiger partial charge in [0.25, 0.3) is 0 Å². The van der Waals surface area contributed by atoms with Crippen LogP contribution in [0.2, 0.25) is 0 Å². The van der Waals surface area contributed by atoms with Crippen LogP contribution in [0.1, 0.15) is 18.2 Å². The second kappa shape index (κ2) is 4.49. The second-order valence-electron chi connectivity index (χ2n) is 3.91. The number of hydrogen-bond donors (Lipinski definition) is 0. The molecule has 7 heteroatoms. The van der Waals surface area contributed by atoms with Gasteiger partial charge in [-0.15, -0.1) is 0 Å². The van der Waals surface area contributed by atoms with Crippen LogP contribution in [0.4, 0.5) is 13.2 Å². The number of carbonyl (C=O) groups is 1. The van der Waals surface area contributed by atoms with E-state index in [9.17, 15) is 18.0 Å². The van der Waals surface area contributed by atoms with Crippen molar-refractivity contribution < 1.29 is 22.7 Å². The lowest BCUT2D eigenvalue weighted by Crippen LogP contribution is -2.07. The number of fused-ring (bicyclic) bond motifs is 1. The minimum Gasteiger partial charge on any atom is -0.406 e. The number of carbonyl (C=O) groups excluding carboxylic acids is 1. The van der Waals surface area contributed by atoms with E-state index in [1.807, 2.05) is 0 Å². The SMILES string of the molecule is CC(=O)Oc1nc2cc(C(F)(F)F)ccc2nc1C. The van der Waals surface area contributed by atoms with Gasteiger partial charge in [-0.2, -0.15) is 13.2 Å². The van der Waals surface area contributed by atoms with E-state index in [0.717, 1.165) is 12.1 Å². The number of aromatic nitrogens is 2. The highest BCUT2D eigenvalue weighted by Gasteiger charge is 2.30. The molecule has 19 heavy (non-hydrogen) atoms. The van der Waals surface area contributed by atoms with Crippen molar-refractivity contribution >= 4 is 17.0 Å². The maximum Gasteiger partial charge on any atom is 0.416 e. The number of esters is 1. The molecule has 0 fully saturated rings. The summed E-state index contributed by atoms with van der Waals surface area (Å²) in [7, 11) is 0. The number of ether oxygens (including phenoxy) is 1. The third-order valence-electron chi connectivity index (χ3n) is 2.36. The Morgan fingerprint density at radius 3 is 2.47 bits per heavy atom. The molecule has 0 radical (unpaired) electrons. The Labute approximate surface area is 106 Å². The monoisotopic (exact) mass is 270 g/mol. The van der Waals surface area contributed by atoms with Crippen LogP contribution in [0, 0.1) is 6.92 Å². The average molecular weight is 270 g/mol. The normalized spacial score (nSPS) is 11.6. The molecule has 0 unspecified atom stereocenters. The minimum atomic E-state index is -4.46. The van der Waals surface area contributed by atoms with E-state index >= 15 is 0 Å². The molecule has 0 aliphatic rings. The molecule has 1 heterocycles. The zero-order valence-electron chi connectivity index (χ0n) is 10.1. The van der Waals surface area contributed by atoms with E-state index in [-0.39, 0.29) is 11.4 Å². The molecular formula is C12H9F3N2O2. The first kappa shape index (κ1) is 13.3. The van der Waals surface area contributed by atoms with E-state index in [1.165, 1.54) is 13.0 Å². The fourth-order valence-electron chi connectivity index (χ4n) is 1.54. The van der Waals surface area contributed by atoms with Crippen LogP contribution in [0.5, 0.6) is 5.88 Å². The van der Waals surface area contributed by atoms with Crippen molar-refractivity contribution in [3.05, 3.63) is 29.5 Å². The van der Waals surface area contributed by atoms with Crippen molar-refractivity contribution in [3.63, 3.8) is 0 Å². The summed E-state index contributed by atoms with van der Waals surface area (Å²) in [5, 5.41) is 0. The molecule has 0 N–H and O–H groups in total. The Kier molecular flexibility index (Phi) is 3.13. The maximum absolute atomic E-state index is 12.6. The van der Waals surface area contributed by atoms with Gasteiger partial charge in [-0.1, -0.05) is 0 Å². The highest BCUT2D eigenvalue weighted by molar-refractivity contribution is 5.77. The van der Waals surface area contributed by atoms with E-state index in [0.29, 0.717) is 11.2 Å². The quantitative estimate of drug-likeness (QED) is 0.748. The van der Waals surface area contributed by atoms with Crippen LogP contribution in [0.25, 0.3) is 11.0 Å². The lowest BCUT2D eigenvalue weighted by Gasteiger charge is -2.09. The molecule has 0 amide bonds. The average Bonchev–Trinajstić information content (AvgIpc) is 2.27. The number of benzene rings is 1. The molecule has 2 rings (SSSR count). The van der Waals surface area contributed by atoms with E-state index in [1.54, 1.807) is 6.92 Å². The van der Waals surface area contributed by atoms with Gasteiger partial charge in [-0.05, 0) is 25.1 Å². The van der Waals surface area contributed by atoms with E-state index < -0.39 is 17.7 Å². The van der Waals surface area contributed by atoms with Gasteiger partial charge in [-0.25, -0.2) is 9.97 Å². The van der Waals surface area contributed by atoms with Gasteiger partial charge < -0.3 is 4.74 Å². The summed E-state index contributed by atoms with van der Waals surface area (Å²) in [5.41, 5.74) is -0.160. The first-order valence-corrected chi connectivity index (χ1v) is 5.31. The Morgan fingerprint density at radius 1 is 1.21 bits per heavy atom. The molecule has 0 spiro atoms. The molecule has 0 saturated carbocycles. The molecule has 0 saturated heterocycles. The molecule has 1 aromatic carbocycles. The number of nitrogens with zero attached hydrogens (tertiary/aromatic N) is 2. The fourth-order valence-corrected chi connectivity index (χ4v) is 1.54. The molecule has 100 valence electrons. The van der Waals surface area contributed by atoms with Crippen molar-refractivity contribution in [2.75, 3.05) is 0 Å². The molecule has 0 atom stereocenters. The first-order valence-electron chi connectivity index (χ1n) is 5.31. The summed E-state index contributed by atoms with van der Waals surface area (Å²) in [6.45, 7) is 2.74. The number of rotatable bonds is 1. The predicted molar refractivity (Wildman–Crippen MR) is 60.6 cm³/mol. The molecule has 0 aliphatic heterocycles. The highest BCUT2D eigenvalue weighted by atomic mass is 19.4. The minimum absolute atomic E-state index is 0.0247. The van der Waals surface area contributed by atoms with Crippen molar-refractivity contribution in [3.8, 4) is 5.88 Å². The largest absolute Gasteiger partial charge is 0.416 e. The summed E-state index contributed by atoms with van der Waals surface area (Å²) in [6, 6.07) is 3.03. The van der Waals surface area contributed by atoms with Crippen LogP contribution in [0.15, 0.2) is 18.2 Å². The number of halogens is 3. The Hall–Kier alpha value is -2.18. The smallest absolute Gasteiger partial charge is 0.406 e. The van der Waals surface area contributed by atoms with Gasteiger partial charge in [0, 0.05) is 6.92 Å². The van der Waals surface area contributed by atoms with Gasteiger partial charge in [0.2, 0.25) is 5.88 Å². The third-order valence-corrected chi connectivity index (χ3v) is 2.36. The van der Waals surface area contributed by atoms with E-state index in [4.69, 9.17) is 4.74 Å². The first-order chi connectivity index (χ1) is 8.77. The summed E-state index contributed by atoms with van der Waals surface area (Å²) in [4.78, 5) is 18.8. The lowest BCUT2D eigenvalue weighted by atomic mass is 10.2. The topological polar surface area (TPSA) is 52.1 Å². The van der Waals surface area contributed by atoms with Gasteiger partial charge in [-0.3, -0.25) is 4.79 Å². The van der Waals surface area contributed by atoms with Crippen LogP contribution in [-0.4, -0.2) is 15.9 Å². The van der Waals surface area contributed by atoms with Gasteiger partial charge in [0.05, 0.1) is 16.6 Å². The van der Waals surface area contributed by atoms with Gasteiger partial charge in [0.15, 0.2) is 0 Å². The zero-order chi connectivity index (χ0) is 14.2. The standard InChI is InChI=1S/C12H9F3N2O2/c1-6-11(19-7(2)18)17-10-5-8(12(13,14)15)3-4-9(10)16-6/h3-5H,1-2H3. The number of aryl methyl sites for hydroxylation is 1. The number of hydrogen-bond acceptors (Lipinski definition) is 4. The predicted octanol–water partition coefficient (Wildman–Crippen LogP) is 2.88.